The van der Waals surface area contributed by atoms with Crippen LogP contribution in [0.5, 0.6) is 0 Å². The quantitative estimate of drug-likeness (QED) is 0.580. The molecule has 0 saturated carbocycles. The standard InChI is InChI=1S/C10H20N2O/c1-3-4-5-6-8-7(2)9(13)10(11)12-8/h7-9,13H,3-6H2,1-2H3,(H2,11,12)/t7-,8-,9-/m1/s1. The van der Waals surface area contributed by atoms with Crippen LogP contribution in [0.1, 0.15) is 39.5 Å². The summed E-state index contributed by atoms with van der Waals surface area (Å²) in [7, 11) is 0. The lowest BCUT2D eigenvalue weighted by Gasteiger charge is -2.15. The zero-order chi connectivity index (χ0) is 9.84. The predicted molar refractivity (Wildman–Crippen MR) is 54.0 cm³/mol. The van der Waals surface area contributed by atoms with Crippen molar-refractivity contribution < 1.29 is 5.11 Å². The topological polar surface area (TPSA) is 56.1 Å². The largest absolute Gasteiger partial charge is 0.385 e. The van der Waals surface area contributed by atoms with E-state index >= 15 is 0 Å². The maximum Gasteiger partial charge on any atom is 0.123 e. The fraction of sp³-hybridized carbons (Fsp3) is 0.900. The van der Waals surface area contributed by atoms with Gasteiger partial charge in [-0.25, -0.2) is 0 Å². The summed E-state index contributed by atoms with van der Waals surface area (Å²) in [6.45, 7) is 4.19. The number of aliphatic hydroxyl groups excluding tert-OH is 1. The number of aliphatic hydroxyl groups is 1. The molecule has 0 radical (unpaired) electrons. The van der Waals surface area contributed by atoms with Crippen molar-refractivity contribution in [1.82, 2.24) is 5.32 Å². The molecule has 1 aliphatic heterocycles. The maximum absolute atomic E-state index is 9.51. The average molecular weight is 184 g/mol. The monoisotopic (exact) mass is 184 g/mol. The number of hydrogen-bond acceptors (Lipinski definition) is 2. The summed E-state index contributed by atoms with van der Waals surface area (Å²) in [5.41, 5.74) is 0. The Labute approximate surface area is 80.0 Å². The van der Waals surface area contributed by atoms with Gasteiger partial charge in [0.15, 0.2) is 0 Å². The van der Waals surface area contributed by atoms with E-state index in [0.29, 0.717) is 11.9 Å². The third-order valence-corrected chi connectivity index (χ3v) is 2.89. The van der Waals surface area contributed by atoms with E-state index < -0.39 is 6.10 Å². The molecule has 13 heavy (non-hydrogen) atoms. The number of nitrogens with one attached hydrogen (secondary N) is 2. The molecule has 1 fully saturated rings. The lowest BCUT2D eigenvalue weighted by atomic mass is 9.96. The summed E-state index contributed by atoms with van der Waals surface area (Å²) < 4.78 is 0. The Kier molecular flexibility index (Phi) is 3.72. The van der Waals surface area contributed by atoms with Crippen LogP contribution in [-0.2, 0) is 0 Å². The number of rotatable bonds is 4. The fourth-order valence-corrected chi connectivity index (χ4v) is 1.85. The Bertz CT molecular complexity index is 182. The summed E-state index contributed by atoms with van der Waals surface area (Å²) >= 11 is 0. The molecular weight excluding hydrogens is 164 g/mol. The van der Waals surface area contributed by atoms with Crippen LogP contribution in [-0.4, -0.2) is 23.1 Å². The predicted octanol–water partition coefficient (Wildman–Crippen LogP) is 1.51. The number of hydrogen-bond donors (Lipinski definition) is 3. The summed E-state index contributed by atoms with van der Waals surface area (Å²) in [6, 6.07) is 0.314. The molecule has 0 aromatic heterocycles. The fourth-order valence-electron chi connectivity index (χ4n) is 1.85. The van der Waals surface area contributed by atoms with Crippen LogP contribution in [0, 0.1) is 11.3 Å². The van der Waals surface area contributed by atoms with Crippen LogP contribution in [0.2, 0.25) is 0 Å². The third kappa shape index (κ3) is 2.44. The molecule has 76 valence electrons. The first-order valence-electron chi connectivity index (χ1n) is 5.19. The number of amidine groups is 1. The van der Waals surface area contributed by atoms with Crippen LogP contribution in [0.25, 0.3) is 0 Å². The van der Waals surface area contributed by atoms with E-state index in [1.807, 2.05) is 6.92 Å². The van der Waals surface area contributed by atoms with E-state index in [1.54, 1.807) is 0 Å². The Morgan fingerprint density at radius 3 is 2.62 bits per heavy atom. The van der Waals surface area contributed by atoms with Crippen molar-refractivity contribution in [3.63, 3.8) is 0 Å². The first-order valence-corrected chi connectivity index (χ1v) is 5.19. The molecule has 1 aliphatic rings. The lowest BCUT2D eigenvalue weighted by Crippen LogP contribution is -2.27. The van der Waals surface area contributed by atoms with Crippen LogP contribution in [0.3, 0.4) is 0 Å². The first-order chi connectivity index (χ1) is 6.16. The van der Waals surface area contributed by atoms with Crippen molar-refractivity contribution in [2.24, 2.45) is 5.92 Å². The van der Waals surface area contributed by atoms with Gasteiger partial charge in [0.2, 0.25) is 0 Å². The Hall–Kier alpha value is -0.570. The van der Waals surface area contributed by atoms with Crippen molar-refractivity contribution in [3.05, 3.63) is 0 Å². The van der Waals surface area contributed by atoms with Crippen molar-refractivity contribution in [1.29, 1.82) is 5.41 Å². The molecule has 0 unspecified atom stereocenters. The lowest BCUT2D eigenvalue weighted by molar-refractivity contribution is 0.179. The highest BCUT2D eigenvalue weighted by Crippen LogP contribution is 2.21. The van der Waals surface area contributed by atoms with Gasteiger partial charge < -0.3 is 10.4 Å². The molecule has 3 heteroatoms. The van der Waals surface area contributed by atoms with Gasteiger partial charge in [-0.15, -0.1) is 0 Å². The molecule has 1 saturated heterocycles. The highest BCUT2D eigenvalue weighted by Gasteiger charge is 2.34. The van der Waals surface area contributed by atoms with Crippen LogP contribution in [0.15, 0.2) is 0 Å². The normalized spacial score (nSPS) is 33.5. The van der Waals surface area contributed by atoms with Gasteiger partial charge in [-0.05, 0) is 6.42 Å². The molecule has 0 spiro atoms. The van der Waals surface area contributed by atoms with Crippen molar-refractivity contribution in [2.45, 2.75) is 51.7 Å². The maximum atomic E-state index is 9.51. The van der Waals surface area contributed by atoms with E-state index in [9.17, 15) is 5.11 Å². The smallest absolute Gasteiger partial charge is 0.123 e. The summed E-state index contributed by atoms with van der Waals surface area (Å²) in [5, 5.41) is 20.0. The summed E-state index contributed by atoms with van der Waals surface area (Å²) in [5.74, 6) is 0.498. The van der Waals surface area contributed by atoms with Gasteiger partial charge in [0.1, 0.15) is 11.9 Å². The van der Waals surface area contributed by atoms with E-state index in [4.69, 9.17) is 5.41 Å². The molecule has 0 amide bonds. The van der Waals surface area contributed by atoms with Crippen LogP contribution < -0.4 is 5.32 Å². The van der Waals surface area contributed by atoms with Crippen molar-refractivity contribution in [3.8, 4) is 0 Å². The molecule has 0 aromatic rings. The zero-order valence-corrected chi connectivity index (χ0v) is 8.51. The zero-order valence-electron chi connectivity index (χ0n) is 8.51. The Balaban J connectivity index is 2.31. The SMILES string of the molecule is CCCCC[C@H]1NC(=N)[C@H](O)[C@@H]1C. The summed E-state index contributed by atoms with van der Waals surface area (Å²) in [4.78, 5) is 0. The van der Waals surface area contributed by atoms with E-state index in [2.05, 4.69) is 12.2 Å². The molecule has 1 heterocycles. The van der Waals surface area contributed by atoms with Gasteiger partial charge in [0, 0.05) is 12.0 Å². The molecule has 1 rings (SSSR count). The minimum absolute atomic E-state index is 0.198. The van der Waals surface area contributed by atoms with Gasteiger partial charge in [0.05, 0.1) is 0 Å². The third-order valence-electron chi connectivity index (χ3n) is 2.89. The van der Waals surface area contributed by atoms with Gasteiger partial charge in [0.25, 0.3) is 0 Å². The highest BCUT2D eigenvalue weighted by atomic mass is 16.3. The van der Waals surface area contributed by atoms with Crippen LogP contribution in [0.4, 0.5) is 0 Å². The molecule has 0 aromatic carbocycles. The molecule has 0 aliphatic carbocycles. The van der Waals surface area contributed by atoms with E-state index in [1.165, 1.54) is 19.3 Å². The van der Waals surface area contributed by atoms with Gasteiger partial charge >= 0.3 is 0 Å². The summed E-state index contributed by atoms with van der Waals surface area (Å²) in [6.07, 6.45) is 4.18. The van der Waals surface area contributed by atoms with E-state index in [-0.39, 0.29) is 5.92 Å². The first kappa shape index (κ1) is 10.5. The van der Waals surface area contributed by atoms with Crippen molar-refractivity contribution in [2.75, 3.05) is 0 Å². The van der Waals surface area contributed by atoms with Gasteiger partial charge in [-0.1, -0.05) is 33.1 Å². The second kappa shape index (κ2) is 4.61. The highest BCUT2D eigenvalue weighted by molar-refractivity contribution is 5.86. The Morgan fingerprint density at radius 2 is 2.15 bits per heavy atom. The molecule has 3 N–H and O–H groups in total. The molecular formula is C10H20N2O. The second-order valence-electron chi connectivity index (χ2n) is 3.96. The Morgan fingerprint density at radius 1 is 1.46 bits per heavy atom. The van der Waals surface area contributed by atoms with Gasteiger partial charge in [-0.3, -0.25) is 5.41 Å². The van der Waals surface area contributed by atoms with Crippen LogP contribution >= 0.6 is 0 Å². The van der Waals surface area contributed by atoms with Gasteiger partial charge in [-0.2, -0.15) is 0 Å². The molecule has 0 bridgehead atoms. The average Bonchev–Trinajstić information content (AvgIpc) is 2.34. The minimum atomic E-state index is -0.563. The second-order valence-corrected chi connectivity index (χ2v) is 3.96. The van der Waals surface area contributed by atoms with E-state index in [0.717, 1.165) is 6.42 Å². The molecule has 3 atom stereocenters. The minimum Gasteiger partial charge on any atom is -0.385 e. The number of unbranched alkanes of at least 4 members (excludes halogenated alkanes) is 2. The van der Waals surface area contributed by atoms with Crippen molar-refractivity contribution >= 4 is 5.84 Å². The molecule has 3 nitrogen and oxygen atoms in total.